The number of nitrogens with zero attached hydrogens (tertiary/aromatic N) is 1. The van der Waals surface area contributed by atoms with Crippen LogP contribution < -0.4 is 10.5 Å². The maximum absolute atomic E-state index is 12.3. The van der Waals surface area contributed by atoms with Crippen molar-refractivity contribution < 1.29 is 22.7 Å². The Morgan fingerprint density at radius 1 is 1.33 bits per heavy atom. The number of ether oxygens (including phenoxy) is 1. The fourth-order valence-electron chi connectivity index (χ4n) is 2.10. The van der Waals surface area contributed by atoms with Gasteiger partial charge in [-0.25, -0.2) is 0 Å². The molecule has 0 radical (unpaired) electrons. The van der Waals surface area contributed by atoms with E-state index < -0.39 is 12.1 Å². The van der Waals surface area contributed by atoms with Crippen molar-refractivity contribution in [2.75, 3.05) is 12.8 Å². The molecule has 118 valence electrons. The first kappa shape index (κ1) is 17.1. The summed E-state index contributed by atoms with van der Waals surface area (Å²) in [6, 6.07) is 3.60. The molecule has 1 aromatic carbocycles. The Kier molecular flexibility index (Phi) is 5.46. The van der Waals surface area contributed by atoms with Crippen molar-refractivity contribution in [3.05, 3.63) is 23.8 Å². The average molecular weight is 304 g/mol. The zero-order chi connectivity index (χ0) is 16.2. The van der Waals surface area contributed by atoms with Crippen LogP contribution >= 0.6 is 0 Å². The molecule has 0 saturated carbocycles. The predicted octanol–water partition coefficient (Wildman–Crippen LogP) is 3.43. The van der Waals surface area contributed by atoms with Crippen LogP contribution in [0.25, 0.3) is 0 Å². The smallest absolute Gasteiger partial charge is 0.404 e. The largest absolute Gasteiger partial charge is 0.573 e. The van der Waals surface area contributed by atoms with E-state index in [4.69, 9.17) is 5.73 Å². The maximum atomic E-state index is 12.3. The Morgan fingerprint density at radius 2 is 1.90 bits per heavy atom. The van der Waals surface area contributed by atoms with Gasteiger partial charge in [-0.2, -0.15) is 0 Å². The summed E-state index contributed by atoms with van der Waals surface area (Å²) in [7, 11) is 1.66. The standard InChI is InChI=1S/C14H19F3N2O2/c1-4-10(5-2)19(3)13(20)9-6-7-12(11(18)8-9)21-14(15,16)17/h6-8,10H,4-5,18H2,1-3H3. The molecule has 0 atom stereocenters. The highest BCUT2D eigenvalue weighted by Gasteiger charge is 2.32. The summed E-state index contributed by atoms with van der Waals surface area (Å²) in [5, 5.41) is 0. The fourth-order valence-corrected chi connectivity index (χ4v) is 2.10. The van der Waals surface area contributed by atoms with E-state index in [0.29, 0.717) is 0 Å². The van der Waals surface area contributed by atoms with Crippen LogP contribution in [0.15, 0.2) is 18.2 Å². The molecular formula is C14H19F3N2O2. The van der Waals surface area contributed by atoms with Gasteiger partial charge >= 0.3 is 6.36 Å². The normalized spacial score (nSPS) is 11.6. The molecule has 1 aromatic rings. The number of carbonyl (C=O) groups excluding carboxylic acids is 1. The molecule has 1 rings (SSSR count). The zero-order valence-electron chi connectivity index (χ0n) is 12.2. The lowest BCUT2D eigenvalue weighted by Crippen LogP contribution is -2.36. The minimum atomic E-state index is -4.81. The number of nitrogens with two attached hydrogens (primary N) is 1. The van der Waals surface area contributed by atoms with Gasteiger partial charge in [-0.3, -0.25) is 4.79 Å². The van der Waals surface area contributed by atoms with Gasteiger partial charge in [-0.15, -0.1) is 13.2 Å². The highest BCUT2D eigenvalue weighted by atomic mass is 19.4. The van der Waals surface area contributed by atoms with Gasteiger partial charge in [0.15, 0.2) is 5.75 Å². The number of carbonyl (C=O) groups is 1. The molecule has 2 N–H and O–H groups in total. The Labute approximate surface area is 121 Å². The lowest BCUT2D eigenvalue weighted by molar-refractivity contribution is -0.274. The molecule has 0 fully saturated rings. The second kappa shape index (κ2) is 6.69. The van der Waals surface area contributed by atoms with Gasteiger partial charge in [0.1, 0.15) is 0 Å². The van der Waals surface area contributed by atoms with Crippen LogP contribution in [0.4, 0.5) is 18.9 Å². The summed E-state index contributed by atoms with van der Waals surface area (Å²) < 4.78 is 40.2. The molecule has 0 aliphatic heterocycles. The number of halogens is 3. The number of hydrogen-bond acceptors (Lipinski definition) is 3. The summed E-state index contributed by atoms with van der Waals surface area (Å²) >= 11 is 0. The van der Waals surface area contributed by atoms with Gasteiger partial charge in [-0.1, -0.05) is 13.8 Å². The third kappa shape index (κ3) is 4.54. The molecule has 0 aromatic heterocycles. The second-order valence-corrected chi connectivity index (χ2v) is 4.69. The minimum Gasteiger partial charge on any atom is -0.404 e. The van der Waals surface area contributed by atoms with Gasteiger partial charge in [0.05, 0.1) is 5.69 Å². The first-order valence-corrected chi connectivity index (χ1v) is 6.62. The number of anilines is 1. The fraction of sp³-hybridized carbons (Fsp3) is 0.500. The molecule has 4 nitrogen and oxygen atoms in total. The van der Waals surface area contributed by atoms with E-state index >= 15 is 0 Å². The van der Waals surface area contributed by atoms with E-state index in [1.54, 1.807) is 11.9 Å². The van der Waals surface area contributed by atoms with E-state index in [9.17, 15) is 18.0 Å². The van der Waals surface area contributed by atoms with Crippen LogP contribution in [0.3, 0.4) is 0 Å². The van der Waals surface area contributed by atoms with Crippen LogP contribution in [0, 0.1) is 0 Å². The summed E-state index contributed by atoms with van der Waals surface area (Å²) in [6.07, 6.45) is -3.22. The maximum Gasteiger partial charge on any atom is 0.573 e. The summed E-state index contributed by atoms with van der Waals surface area (Å²) in [6.45, 7) is 3.93. The van der Waals surface area contributed by atoms with Crippen LogP contribution in [0.5, 0.6) is 5.75 Å². The first-order chi connectivity index (χ1) is 9.69. The van der Waals surface area contributed by atoms with Crippen molar-refractivity contribution in [3.8, 4) is 5.75 Å². The van der Waals surface area contributed by atoms with E-state index in [2.05, 4.69) is 4.74 Å². The molecule has 7 heteroatoms. The van der Waals surface area contributed by atoms with Gasteiger partial charge in [0.2, 0.25) is 0 Å². The Balaban J connectivity index is 2.95. The molecule has 0 spiro atoms. The highest BCUT2D eigenvalue weighted by molar-refractivity contribution is 5.95. The van der Waals surface area contributed by atoms with Crippen LogP contribution in [-0.4, -0.2) is 30.3 Å². The first-order valence-electron chi connectivity index (χ1n) is 6.62. The second-order valence-electron chi connectivity index (χ2n) is 4.69. The third-order valence-corrected chi connectivity index (χ3v) is 3.29. The minimum absolute atomic E-state index is 0.0739. The van der Waals surface area contributed by atoms with Gasteiger partial charge in [-0.05, 0) is 31.0 Å². The molecule has 0 aliphatic carbocycles. The lowest BCUT2D eigenvalue weighted by Gasteiger charge is -2.26. The van der Waals surface area contributed by atoms with Crippen molar-refractivity contribution in [1.82, 2.24) is 4.90 Å². The van der Waals surface area contributed by atoms with Gasteiger partial charge in [0, 0.05) is 18.7 Å². The highest BCUT2D eigenvalue weighted by Crippen LogP contribution is 2.29. The van der Waals surface area contributed by atoms with E-state index in [0.717, 1.165) is 18.9 Å². The molecule has 0 aliphatic rings. The van der Waals surface area contributed by atoms with Crippen LogP contribution in [-0.2, 0) is 0 Å². The summed E-state index contributed by atoms with van der Waals surface area (Å²) in [5.41, 5.74) is 5.52. The molecule has 0 unspecified atom stereocenters. The Morgan fingerprint density at radius 3 is 2.33 bits per heavy atom. The van der Waals surface area contributed by atoms with Crippen molar-refractivity contribution in [3.63, 3.8) is 0 Å². The van der Waals surface area contributed by atoms with E-state index in [-0.39, 0.29) is 23.2 Å². The van der Waals surface area contributed by atoms with Gasteiger partial charge in [0.25, 0.3) is 5.91 Å². The Bertz CT molecular complexity index is 499. The van der Waals surface area contributed by atoms with Crippen molar-refractivity contribution in [2.45, 2.75) is 39.1 Å². The SMILES string of the molecule is CCC(CC)N(C)C(=O)c1ccc(OC(F)(F)F)c(N)c1. The number of rotatable bonds is 5. The lowest BCUT2D eigenvalue weighted by atomic mass is 10.1. The quantitative estimate of drug-likeness (QED) is 0.848. The summed E-state index contributed by atoms with van der Waals surface area (Å²) in [4.78, 5) is 13.8. The van der Waals surface area contributed by atoms with E-state index in [1.807, 2.05) is 13.8 Å². The number of benzene rings is 1. The van der Waals surface area contributed by atoms with Gasteiger partial charge < -0.3 is 15.4 Å². The molecule has 0 heterocycles. The average Bonchev–Trinajstić information content (AvgIpc) is 2.40. The van der Waals surface area contributed by atoms with E-state index in [1.165, 1.54) is 12.1 Å². The number of hydrogen-bond donors (Lipinski definition) is 1. The molecule has 1 amide bonds. The number of amides is 1. The van der Waals surface area contributed by atoms with Crippen molar-refractivity contribution in [2.24, 2.45) is 0 Å². The Hall–Kier alpha value is -1.92. The van der Waals surface area contributed by atoms with Crippen molar-refractivity contribution >= 4 is 11.6 Å². The predicted molar refractivity (Wildman–Crippen MR) is 74.0 cm³/mol. The molecular weight excluding hydrogens is 285 g/mol. The van der Waals surface area contributed by atoms with Crippen LogP contribution in [0.1, 0.15) is 37.0 Å². The number of alkyl halides is 3. The summed E-state index contributed by atoms with van der Waals surface area (Å²) in [5.74, 6) is -0.793. The monoisotopic (exact) mass is 304 g/mol. The molecule has 21 heavy (non-hydrogen) atoms. The third-order valence-electron chi connectivity index (χ3n) is 3.29. The van der Waals surface area contributed by atoms with Crippen molar-refractivity contribution in [1.29, 1.82) is 0 Å². The zero-order valence-corrected chi connectivity index (χ0v) is 12.2. The topological polar surface area (TPSA) is 55.6 Å². The number of nitrogen functional groups attached to an aromatic ring is 1. The van der Waals surface area contributed by atoms with Crippen LogP contribution in [0.2, 0.25) is 0 Å². The molecule has 0 bridgehead atoms. The molecule has 0 saturated heterocycles.